The van der Waals surface area contributed by atoms with Gasteiger partial charge in [-0.25, -0.2) is 5.43 Å². The second-order valence-corrected chi connectivity index (χ2v) is 4.89. The molecule has 1 aromatic heterocycles. The molecule has 0 aliphatic rings. The van der Waals surface area contributed by atoms with E-state index in [-0.39, 0.29) is 5.91 Å². The van der Waals surface area contributed by atoms with E-state index in [0.717, 1.165) is 11.3 Å². The van der Waals surface area contributed by atoms with Gasteiger partial charge in [0.2, 0.25) is 0 Å². The largest absolute Gasteiger partial charge is 0.493 e. The Bertz CT molecular complexity index is 699. The topological polar surface area (TPSA) is 72.8 Å². The van der Waals surface area contributed by atoms with Crippen LogP contribution in [0.4, 0.5) is 0 Å². The highest BCUT2D eigenvalue weighted by molar-refractivity contribution is 5.95. The van der Waals surface area contributed by atoms with Crippen LogP contribution < -0.4 is 14.9 Å². The Morgan fingerprint density at radius 3 is 2.48 bits per heavy atom. The number of hydrazone groups is 1. The second-order valence-electron chi connectivity index (χ2n) is 4.89. The Labute approximate surface area is 135 Å². The van der Waals surface area contributed by atoms with Crippen LogP contribution in [0.1, 0.15) is 22.8 Å². The minimum Gasteiger partial charge on any atom is -0.493 e. The minimum atomic E-state index is -0.265. The monoisotopic (exact) mass is 313 g/mol. The van der Waals surface area contributed by atoms with Crippen molar-refractivity contribution in [3.05, 3.63) is 53.9 Å². The summed E-state index contributed by atoms with van der Waals surface area (Å²) < 4.78 is 10.5. The van der Waals surface area contributed by atoms with Crippen molar-refractivity contribution in [2.24, 2.45) is 5.10 Å². The molecule has 0 saturated heterocycles. The number of methoxy groups -OCH3 is 2. The first-order valence-corrected chi connectivity index (χ1v) is 7.08. The highest BCUT2D eigenvalue weighted by Gasteiger charge is 2.06. The van der Waals surface area contributed by atoms with Crippen molar-refractivity contribution in [3.63, 3.8) is 0 Å². The van der Waals surface area contributed by atoms with E-state index in [9.17, 15) is 4.79 Å². The van der Waals surface area contributed by atoms with Crippen LogP contribution in [0, 0.1) is 0 Å². The van der Waals surface area contributed by atoms with E-state index in [1.165, 1.54) is 0 Å². The fourth-order valence-electron chi connectivity index (χ4n) is 2.04. The zero-order valence-corrected chi connectivity index (χ0v) is 13.4. The Morgan fingerprint density at radius 2 is 1.83 bits per heavy atom. The lowest BCUT2D eigenvalue weighted by Crippen LogP contribution is -2.19. The third-order valence-electron chi connectivity index (χ3n) is 3.20. The molecule has 0 spiro atoms. The maximum atomic E-state index is 11.9. The molecule has 23 heavy (non-hydrogen) atoms. The number of benzene rings is 1. The normalized spacial score (nSPS) is 11.0. The maximum Gasteiger partial charge on any atom is 0.271 e. The van der Waals surface area contributed by atoms with Crippen molar-refractivity contribution < 1.29 is 14.3 Å². The molecule has 0 aliphatic carbocycles. The van der Waals surface area contributed by atoms with Gasteiger partial charge in [-0.05, 0) is 36.8 Å². The van der Waals surface area contributed by atoms with Gasteiger partial charge in [0.25, 0.3) is 5.91 Å². The molecular formula is C17H19N3O3. The van der Waals surface area contributed by atoms with Crippen LogP contribution in [-0.2, 0) is 6.42 Å². The first-order chi connectivity index (χ1) is 11.1. The summed E-state index contributed by atoms with van der Waals surface area (Å²) in [6.07, 6.45) is 3.72. The van der Waals surface area contributed by atoms with Gasteiger partial charge in [0, 0.05) is 30.1 Å². The lowest BCUT2D eigenvalue weighted by atomic mass is 10.1. The summed E-state index contributed by atoms with van der Waals surface area (Å²) in [6.45, 7) is 1.85. The zero-order chi connectivity index (χ0) is 16.7. The third kappa shape index (κ3) is 4.54. The molecule has 0 unspecified atom stereocenters. The van der Waals surface area contributed by atoms with E-state index in [0.29, 0.717) is 23.5 Å². The van der Waals surface area contributed by atoms with Gasteiger partial charge in [-0.2, -0.15) is 5.10 Å². The zero-order valence-electron chi connectivity index (χ0n) is 13.4. The van der Waals surface area contributed by atoms with E-state index in [1.807, 2.05) is 25.1 Å². The second kappa shape index (κ2) is 7.93. The molecule has 120 valence electrons. The van der Waals surface area contributed by atoms with Crippen LogP contribution >= 0.6 is 0 Å². The predicted octanol–water partition coefficient (Wildman–Crippen LogP) is 2.45. The first-order valence-electron chi connectivity index (χ1n) is 7.08. The van der Waals surface area contributed by atoms with Crippen molar-refractivity contribution in [1.29, 1.82) is 0 Å². The van der Waals surface area contributed by atoms with Crippen LogP contribution in [-0.4, -0.2) is 30.8 Å². The molecule has 1 N–H and O–H groups in total. The first kappa shape index (κ1) is 16.5. The van der Waals surface area contributed by atoms with E-state index in [4.69, 9.17) is 9.47 Å². The summed E-state index contributed by atoms with van der Waals surface area (Å²) in [7, 11) is 3.19. The number of ether oxygens (including phenoxy) is 2. The van der Waals surface area contributed by atoms with Crippen LogP contribution in [0.2, 0.25) is 0 Å². The van der Waals surface area contributed by atoms with Crippen LogP contribution in [0.5, 0.6) is 11.5 Å². The molecule has 0 radical (unpaired) electrons. The number of hydrogen-bond acceptors (Lipinski definition) is 5. The molecule has 0 fully saturated rings. The average Bonchev–Trinajstić information content (AvgIpc) is 2.60. The number of nitrogens with one attached hydrogen (secondary N) is 1. The highest BCUT2D eigenvalue weighted by Crippen LogP contribution is 2.27. The Hall–Kier alpha value is -2.89. The smallest absolute Gasteiger partial charge is 0.271 e. The Morgan fingerprint density at radius 1 is 1.13 bits per heavy atom. The van der Waals surface area contributed by atoms with Crippen molar-refractivity contribution in [3.8, 4) is 11.5 Å². The van der Waals surface area contributed by atoms with Gasteiger partial charge in [-0.3, -0.25) is 9.78 Å². The van der Waals surface area contributed by atoms with Crippen molar-refractivity contribution in [2.45, 2.75) is 13.3 Å². The Balaban J connectivity index is 2.01. The molecule has 6 heteroatoms. The van der Waals surface area contributed by atoms with E-state index >= 15 is 0 Å². The summed E-state index contributed by atoms with van der Waals surface area (Å²) in [5, 5.41) is 4.12. The summed E-state index contributed by atoms with van der Waals surface area (Å²) in [4.78, 5) is 15.8. The lowest BCUT2D eigenvalue weighted by Gasteiger charge is -2.09. The van der Waals surface area contributed by atoms with Crippen molar-refractivity contribution >= 4 is 11.6 Å². The average molecular weight is 313 g/mol. The van der Waals surface area contributed by atoms with Crippen LogP contribution in [0.15, 0.2) is 47.8 Å². The standard InChI is InChI=1S/C17H19N3O3/c1-12(19-20-17(21)14-6-8-18-9-7-14)10-13-4-5-15(22-2)16(11-13)23-3/h4-9,11H,10H2,1-3H3,(H,20,21)/b19-12-. The lowest BCUT2D eigenvalue weighted by molar-refractivity contribution is 0.0954. The van der Waals surface area contributed by atoms with Crippen LogP contribution in [0.25, 0.3) is 0 Å². The van der Waals surface area contributed by atoms with Gasteiger partial charge >= 0.3 is 0 Å². The van der Waals surface area contributed by atoms with Gasteiger partial charge in [-0.1, -0.05) is 6.07 Å². The molecule has 0 aliphatic heterocycles. The van der Waals surface area contributed by atoms with Gasteiger partial charge < -0.3 is 9.47 Å². The quantitative estimate of drug-likeness (QED) is 0.657. The number of hydrogen-bond donors (Lipinski definition) is 1. The van der Waals surface area contributed by atoms with E-state index in [1.54, 1.807) is 38.7 Å². The molecule has 1 aromatic carbocycles. The van der Waals surface area contributed by atoms with Gasteiger partial charge in [0.15, 0.2) is 11.5 Å². The number of aromatic nitrogens is 1. The third-order valence-corrected chi connectivity index (χ3v) is 3.20. The molecule has 1 amide bonds. The number of pyridine rings is 1. The number of carbonyl (C=O) groups excluding carboxylic acids is 1. The van der Waals surface area contributed by atoms with E-state index in [2.05, 4.69) is 15.5 Å². The molecule has 0 saturated carbocycles. The number of carbonyl (C=O) groups is 1. The highest BCUT2D eigenvalue weighted by atomic mass is 16.5. The summed E-state index contributed by atoms with van der Waals surface area (Å²) in [5.74, 6) is 1.08. The molecule has 2 rings (SSSR count). The molecule has 6 nitrogen and oxygen atoms in total. The molecular weight excluding hydrogens is 294 g/mol. The molecule has 2 aromatic rings. The van der Waals surface area contributed by atoms with Gasteiger partial charge in [-0.15, -0.1) is 0 Å². The van der Waals surface area contributed by atoms with Crippen molar-refractivity contribution in [1.82, 2.24) is 10.4 Å². The van der Waals surface area contributed by atoms with Gasteiger partial charge in [0.05, 0.1) is 14.2 Å². The number of rotatable bonds is 6. The van der Waals surface area contributed by atoms with E-state index < -0.39 is 0 Å². The molecule has 0 bridgehead atoms. The predicted molar refractivity (Wildman–Crippen MR) is 88.1 cm³/mol. The fourth-order valence-corrected chi connectivity index (χ4v) is 2.04. The van der Waals surface area contributed by atoms with Crippen molar-refractivity contribution in [2.75, 3.05) is 14.2 Å². The minimum absolute atomic E-state index is 0.265. The fraction of sp³-hybridized carbons (Fsp3) is 0.235. The number of amides is 1. The summed E-state index contributed by atoms with van der Waals surface area (Å²) in [6, 6.07) is 8.94. The molecule has 0 atom stereocenters. The summed E-state index contributed by atoms with van der Waals surface area (Å²) in [5.41, 5.74) is 4.85. The Kier molecular flexibility index (Phi) is 5.68. The maximum absolute atomic E-state index is 11.9. The van der Waals surface area contributed by atoms with Crippen LogP contribution in [0.3, 0.4) is 0 Å². The summed E-state index contributed by atoms with van der Waals surface area (Å²) >= 11 is 0. The number of nitrogens with zero attached hydrogens (tertiary/aromatic N) is 2. The van der Waals surface area contributed by atoms with Gasteiger partial charge in [0.1, 0.15) is 0 Å². The molecule has 1 heterocycles. The SMILES string of the molecule is COc1ccc(C/C(C)=N\NC(=O)c2ccncc2)cc1OC.